The SMILES string of the molecule is CC1CN(Cc2ccccc2NCc2cccc(C(=O)O)c2)CC(C)O1. The van der Waals surface area contributed by atoms with Gasteiger partial charge in [-0.3, -0.25) is 4.90 Å². The minimum Gasteiger partial charge on any atom is -0.478 e. The van der Waals surface area contributed by atoms with Crippen LogP contribution in [0.5, 0.6) is 0 Å². The number of aromatic carboxylic acids is 1. The molecule has 0 amide bonds. The quantitative estimate of drug-likeness (QED) is 0.830. The Morgan fingerprint density at radius 3 is 2.62 bits per heavy atom. The van der Waals surface area contributed by atoms with Gasteiger partial charge in [0.1, 0.15) is 0 Å². The summed E-state index contributed by atoms with van der Waals surface area (Å²) >= 11 is 0. The van der Waals surface area contributed by atoms with Gasteiger partial charge in [-0.05, 0) is 43.2 Å². The molecule has 5 nitrogen and oxygen atoms in total. The van der Waals surface area contributed by atoms with Crippen molar-refractivity contribution in [1.82, 2.24) is 4.90 Å². The number of morpholine rings is 1. The van der Waals surface area contributed by atoms with Crippen LogP contribution in [0.3, 0.4) is 0 Å². The second-order valence-electron chi connectivity index (χ2n) is 6.97. The Balaban J connectivity index is 1.67. The summed E-state index contributed by atoms with van der Waals surface area (Å²) in [5.74, 6) is -0.900. The van der Waals surface area contributed by atoms with Crippen molar-refractivity contribution in [2.75, 3.05) is 18.4 Å². The van der Waals surface area contributed by atoms with Gasteiger partial charge in [0.2, 0.25) is 0 Å². The van der Waals surface area contributed by atoms with Crippen LogP contribution < -0.4 is 5.32 Å². The van der Waals surface area contributed by atoms with Crippen molar-refractivity contribution in [1.29, 1.82) is 0 Å². The van der Waals surface area contributed by atoms with E-state index in [1.165, 1.54) is 5.56 Å². The van der Waals surface area contributed by atoms with Gasteiger partial charge in [0.05, 0.1) is 17.8 Å². The average molecular weight is 354 g/mol. The first-order valence-electron chi connectivity index (χ1n) is 9.03. The Kier molecular flexibility index (Phi) is 5.91. The molecule has 138 valence electrons. The van der Waals surface area contributed by atoms with Gasteiger partial charge in [-0.1, -0.05) is 30.3 Å². The molecule has 0 saturated carbocycles. The van der Waals surface area contributed by atoms with Gasteiger partial charge in [-0.2, -0.15) is 0 Å². The zero-order valence-electron chi connectivity index (χ0n) is 15.3. The second kappa shape index (κ2) is 8.34. The molecule has 1 fully saturated rings. The van der Waals surface area contributed by atoms with E-state index in [2.05, 4.69) is 42.3 Å². The molecule has 0 aromatic heterocycles. The Bertz CT molecular complexity index is 752. The molecule has 0 aliphatic carbocycles. The number of carboxylic acid groups (broad SMARTS) is 1. The molecule has 1 heterocycles. The Hall–Kier alpha value is -2.37. The molecule has 2 atom stereocenters. The molecule has 2 N–H and O–H groups in total. The highest BCUT2D eigenvalue weighted by Gasteiger charge is 2.22. The van der Waals surface area contributed by atoms with Crippen molar-refractivity contribution in [3.8, 4) is 0 Å². The number of para-hydroxylation sites is 1. The van der Waals surface area contributed by atoms with Crippen LogP contribution in [0.15, 0.2) is 48.5 Å². The summed E-state index contributed by atoms with van der Waals surface area (Å²) in [5.41, 5.74) is 3.59. The van der Waals surface area contributed by atoms with E-state index in [0.717, 1.165) is 30.9 Å². The monoisotopic (exact) mass is 354 g/mol. The molecule has 2 unspecified atom stereocenters. The number of hydrogen-bond acceptors (Lipinski definition) is 4. The predicted octanol–water partition coefficient (Wildman–Crippen LogP) is 3.61. The van der Waals surface area contributed by atoms with Crippen LogP contribution in [0.4, 0.5) is 5.69 Å². The van der Waals surface area contributed by atoms with Crippen LogP contribution in [-0.4, -0.2) is 41.3 Å². The molecule has 26 heavy (non-hydrogen) atoms. The zero-order chi connectivity index (χ0) is 18.5. The highest BCUT2D eigenvalue weighted by Crippen LogP contribution is 2.21. The number of nitrogens with zero attached hydrogens (tertiary/aromatic N) is 1. The van der Waals surface area contributed by atoms with Crippen molar-refractivity contribution < 1.29 is 14.6 Å². The molecule has 0 radical (unpaired) electrons. The minimum absolute atomic E-state index is 0.248. The highest BCUT2D eigenvalue weighted by atomic mass is 16.5. The standard InChI is InChI=1S/C21H26N2O3/c1-15-12-23(13-16(2)26-15)14-19-7-3-4-9-20(19)22-11-17-6-5-8-18(10-17)21(24)25/h3-10,15-16,22H,11-14H2,1-2H3,(H,24,25). The fourth-order valence-corrected chi connectivity index (χ4v) is 3.50. The summed E-state index contributed by atoms with van der Waals surface area (Å²) in [6, 6.07) is 15.3. The lowest BCUT2D eigenvalue weighted by Crippen LogP contribution is -2.44. The first-order valence-corrected chi connectivity index (χ1v) is 9.03. The maximum atomic E-state index is 11.1. The molecule has 0 bridgehead atoms. The summed E-state index contributed by atoms with van der Waals surface area (Å²) < 4.78 is 5.81. The Morgan fingerprint density at radius 1 is 1.15 bits per heavy atom. The summed E-state index contributed by atoms with van der Waals surface area (Å²) in [6.45, 7) is 7.55. The number of nitrogens with one attached hydrogen (secondary N) is 1. The van der Waals surface area contributed by atoms with Gasteiger partial charge < -0.3 is 15.2 Å². The molecule has 0 spiro atoms. The first-order chi connectivity index (χ1) is 12.5. The third-order valence-electron chi connectivity index (χ3n) is 4.56. The van der Waals surface area contributed by atoms with Crippen molar-refractivity contribution in [3.63, 3.8) is 0 Å². The maximum Gasteiger partial charge on any atom is 0.335 e. The average Bonchev–Trinajstić information content (AvgIpc) is 2.60. The third-order valence-corrected chi connectivity index (χ3v) is 4.56. The van der Waals surface area contributed by atoms with E-state index >= 15 is 0 Å². The smallest absolute Gasteiger partial charge is 0.335 e. The number of ether oxygens (including phenoxy) is 1. The lowest BCUT2D eigenvalue weighted by atomic mass is 10.1. The van der Waals surface area contributed by atoms with Gasteiger partial charge in [0.25, 0.3) is 0 Å². The van der Waals surface area contributed by atoms with Crippen molar-refractivity contribution in [3.05, 3.63) is 65.2 Å². The van der Waals surface area contributed by atoms with Crippen molar-refractivity contribution in [2.45, 2.75) is 39.1 Å². The van der Waals surface area contributed by atoms with E-state index < -0.39 is 5.97 Å². The highest BCUT2D eigenvalue weighted by molar-refractivity contribution is 5.87. The summed E-state index contributed by atoms with van der Waals surface area (Å²) in [4.78, 5) is 13.5. The lowest BCUT2D eigenvalue weighted by molar-refractivity contribution is -0.0704. The number of carbonyl (C=O) groups is 1. The fourth-order valence-electron chi connectivity index (χ4n) is 3.50. The second-order valence-corrected chi connectivity index (χ2v) is 6.97. The molecule has 1 aliphatic rings. The number of rotatable bonds is 6. The van der Waals surface area contributed by atoms with Crippen LogP contribution in [0, 0.1) is 0 Å². The lowest BCUT2D eigenvalue weighted by Gasteiger charge is -2.35. The summed E-state index contributed by atoms with van der Waals surface area (Å²) in [6.07, 6.45) is 0.496. The van der Waals surface area contributed by atoms with Crippen molar-refractivity contribution in [2.24, 2.45) is 0 Å². The largest absolute Gasteiger partial charge is 0.478 e. The molecule has 5 heteroatoms. The van der Waals surface area contributed by atoms with E-state index in [9.17, 15) is 4.79 Å². The topological polar surface area (TPSA) is 61.8 Å². The Morgan fingerprint density at radius 2 is 1.88 bits per heavy atom. The minimum atomic E-state index is -0.900. The first kappa shape index (κ1) is 18.4. The predicted molar refractivity (Wildman–Crippen MR) is 102 cm³/mol. The third kappa shape index (κ3) is 4.84. The van der Waals surface area contributed by atoms with E-state index in [-0.39, 0.29) is 12.2 Å². The molecule has 2 aromatic carbocycles. The number of benzene rings is 2. The van der Waals surface area contributed by atoms with Gasteiger partial charge >= 0.3 is 5.97 Å². The van der Waals surface area contributed by atoms with Gasteiger partial charge in [-0.25, -0.2) is 4.79 Å². The molecule has 1 aliphatic heterocycles. The molecule has 1 saturated heterocycles. The van der Waals surface area contributed by atoms with E-state index in [4.69, 9.17) is 9.84 Å². The number of hydrogen-bond donors (Lipinski definition) is 2. The number of anilines is 1. The van der Waals surface area contributed by atoms with Gasteiger partial charge in [0, 0.05) is 31.9 Å². The normalized spacial score (nSPS) is 20.7. The molecular weight excluding hydrogens is 328 g/mol. The van der Waals surface area contributed by atoms with Crippen LogP contribution in [0.25, 0.3) is 0 Å². The van der Waals surface area contributed by atoms with E-state index in [1.54, 1.807) is 18.2 Å². The van der Waals surface area contributed by atoms with E-state index in [1.807, 2.05) is 12.1 Å². The number of carboxylic acids is 1. The van der Waals surface area contributed by atoms with Crippen LogP contribution in [0.2, 0.25) is 0 Å². The maximum absolute atomic E-state index is 11.1. The molecule has 2 aromatic rings. The van der Waals surface area contributed by atoms with Gasteiger partial charge in [0.15, 0.2) is 0 Å². The van der Waals surface area contributed by atoms with Gasteiger partial charge in [-0.15, -0.1) is 0 Å². The zero-order valence-corrected chi connectivity index (χ0v) is 15.3. The van der Waals surface area contributed by atoms with E-state index in [0.29, 0.717) is 12.1 Å². The molecule has 3 rings (SSSR count). The van der Waals surface area contributed by atoms with Crippen LogP contribution in [-0.2, 0) is 17.8 Å². The Labute approximate surface area is 154 Å². The van der Waals surface area contributed by atoms with Crippen molar-refractivity contribution >= 4 is 11.7 Å². The summed E-state index contributed by atoms with van der Waals surface area (Å²) in [5, 5.41) is 12.6. The fraction of sp³-hybridized carbons (Fsp3) is 0.381. The van der Waals surface area contributed by atoms with Crippen LogP contribution in [0.1, 0.15) is 35.3 Å². The summed E-state index contributed by atoms with van der Waals surface area (Å²) in [7, 11) is 0. The molecular formula is C21H26N2O3. The van der Waals surface area contributed by atoms with Crippen LogP contribution >= 0.6 is 0 Å².